The number of nitrogens with one attached hydrogen (secondary N) is 1. The summed E-state index contributed by atoms with van der Waals surface area (Å²) >= 11 is 0. The summed E-state index contributed by atoms with van der Waals surface area (Å²) in [6.45, 7) is 0.757. The number of hydrogen-bond acceptors (Lipinski definition) is 5. The van der Waals surface area contributed by atoms with Crippen molar-refractivity contribution in [2.75, 3.05) is 5.32 Å². The van der Waals surface area contributed by atoms with Gasteiger partial charge in [0.15, 0.2) is 0 Å². The van der Waals surface area contributed by atoms with Gasteiger partial charge in [0.25, 0.3) is 0 Å². The van der Waals surface area contributed by atoms with Crippen LogP contribution >= 0.6 is 0 Å². The number of benzene rings is 2. The Hall–Kier alpha value is -3.05. The van der Waals surface area contributed by atoms with Crippen LogP contribution in [0.4, 0.5) is 5.69 Å². The molecule has 24 heavy (non-hydrogen) atoms. The second kappa shape index (κ2) is 5.86. The molecule has 1 aliphatic rings. The number of nitrogens with zero attached hydrogens (tertiary/aromatic N) is 3. The van der Waals surface area contributed by atoms with Gasteiger partial charge in [0.05, 0.1) is 10.7 Å². The molecule has 0 saturated carbocycles. The molecule has 1 atom stereocenters. The summed E-state index contributed by atoms with van der Waals surface area (Å²) in [6.07, 6.45) is 3.41. The average Bonchev–Trinajstić information content (AvgIpc) is 2.98. The Morgan fingerprint density at radius 2 is 1.75 bits per heavy atom. The van der Waals surface area contributed by atoms with E-state index in [0.717, 1.165) is 28.5 Å². The van der Waals surface area contributed by atoms with Crippen molar-refractivity contribution in [1.82, 2.24) is 4.98 Å². The molecule has 0 aliphatic carbocycles. The van der Waals surface area contributed by atoms with Gasteiger partial charge < -0.3 is 5.32 Å². The van der Waals surface area contributed by atoms with Crippen LogP contribution in [0, 0.1) is 0 Å². The maximum atomic E-state index is 6.35. The fraction of sp³-hybridized carbons (Fsp3) is 0.105. The van der Waals surface area contributed by atoms with Gasteiger partial charge in [-0.25, -0.2) is 9.98 Å². The van der Waals surface area contributed by atoms with E-state index in [1.54, 1.807) is 12.4 Å². The van der Waals surface area contributed by atoms with Crippen LogP contribution in [0.5, 0.6) is 0 Å². The molecule has 0 fully saturated rings. The molecule has 0 saturated heterocycles. The minimum absolute atomic E-state index is 0.757. The highest BCUT2D eigenvalue weighted by molar-refractivity contribution is 5.43. The lowest BCUT2D eigenvalue weighted by Gasteiger charge is -2.16. The molecule has 3 aromatic rings. The Kier molecular flexibility index (Phi) is 3.55. The Morgan fingerprint density at radius 1 is 0.917 bits per heavy atom. The van der Waals surface area contributed by atoms with Crippen LogP contribution in [0.2, 0.25) is 0 Å². The van der Waals surface area contributed by atoms with Gasteiger partial charge in [-0.1, -0.05) is 36.4 Å². The zero-order chi connectivity index (χ0) is 16.4. The monoisotopic (exact) mass is 315 g/mol. The molecular weight excluding hydrogens is 298 g/mol. The minimum atomic E-state index is -1.09. The lowest BCUT2D eigenvalue weighted by atomic mass is 10.2. The fourth-order valence-electron chi connectivity index (χ4n) is 2.72. The molecule has 1 aromatic heterocycles. The summed E-state index contributed by atoms with van der Waals surface area (Å²) in [5.74, 6) is -1.09. The molecule has 0 radical (unpaired) electrons. The summed E-state index contributed by atoms with van der Waals surface area (Å²) in [5.41, 5.74) is 9.35. The number of hydrogen-bond donors (Lipinski definition) is 2. The van der Waals surface area contributed by atoms with Crippen LogP contribution in [0.15, 0.2) is 83.0 Å². The van der Waals surface area contributed by atoms with Crippen LogP contribution in [0.25, 0.3) is 0 Å². The van der Waals surface area contributed by atoms with E-state index in [1.807, 2.05) is 48.5 Å². The molecule has 5 heteroatoms. The SMILES string of the molecule is NC1(c2cccnc2)N=c2ccc(NCc3ccccc3)cc2=N1. The van der Waals surface area contributed by atoms with Crippen LogP contribution in [-0.4, -0.2) is 4.98 Å². The van der Waals surface area contributed by atoms with Crippen molar-refractivity contribution in [2.45, 2.75) is 12.3 Å². The Balaban J connectivity index is 1.61. The van der Waals surface area contributed by atoms with E-state index in [2.05, 4.69) is 32.4 Å². The third-order valence-corrected chi connectivity index (χ3v) is 3.98. The standard InChI is InChI=1S/C19H17N5/c20-19(15-7-4-10-21-13-15)23-17-9-8-16(11-18(17)24-19)22-12-14-5-2-1-3-6-14/h1-11,13,22H,12,20H2. The van der Waals surface area contributed by atoms with Crippen LogP contribution in [0.3, 0.4) is 0 Å². The minimum Gasteiger partial charge on any atom is -0.381 e. The summed E-state index contributed by atoms with van der Waals surface area (Å²) in [5, 5.41) is 4.99. The number of aromatic nitrogens is 1. The quantitative estimate of drug-likeness (QED) is 0.769. The van der Waals surface area contributed by atoms with E-state index in [4.69, 9.17) is 5.73 Å². The highest BCUT2D eigenvalue weighted by atomic mass is 15.2. The topological polar surface area (TPSA) is 75.7 Å². The fourth-order valence-corrected chi connectivity index (χ4v) is 2.72. The third-order valence-electron chi connectivity index (χ3n) is 3.98. The smallest absolute Gasteiger partial charge is 0.231 e. The van der Waals surface area contributed by atoms with E-state index in [9.17, 15) is 0 Å². The number of pyridine rings is 1. The molecule has 0 bridgehead atoms. The van der Waals surface area contributed by atoms with Gasteiger partial charge in [0, 0.05) is 30.2 Å². The summed E-state index contributed by atoms with van der Waals surface area (Å²) in [4.78, 5) is 13.3. The van der Waals surface area contributed by atoms with E-state index < -0.39 is 5.79 Å². The van der Waals surface area contributed by atoms with E-state index >= 15 is 0 Å². The Labute approximate surface area is 139 Å². The van der Waals surface area contributed by atoms with Crippen LogP contribution in [-0.2, 0) is 12.3 Å². The van der Waals surface area contributed by atoms with Gasteiger partial charge in [-0.15, -0.1) is 0 Å². The first-order valence-corrected chi connectivity index (χ1v) is 7.80. The predicted octanol–water partition coefficient (Wildman–Crippen LogP) is 1.72. The normalized spacial score (nSPS) is 18.4. The van der Waals surface area contributed by atoms with Gasteiger partial charge >= 0.3 is 0 Å². The zero-order valence-corrected chi connectivity index (χ0v) is 13.1. The van der Waals surface area contributed by atoms with Crippen LogP contribution in [0.1, 0.15) is 11.1 Å². The Bertz CT molecular complexity index is 970. The Morgan fingerprint density at radius 3 is 2.54 bits per heavy atom. The first-order valence-electron chi connectivity index (χ1n) is 7.80. The summed E-state index contributed by atoms with van der Waals surface area (Å²) < 4.78 is 0. The zero-order valence-electron chi connectivity index (χ0n) is 13.1. The number of nitrogens with two attached hydrogens (primary N) is 1. The van der Waals surface area contributed by atoms with E-state index in [-0.39, 0.29) is 0 Å². The lowest BCUT2D eigenvalue weighted by Crippen LogP contribution is -2.31. The molecule has 5 nitrogen and oxygen atoms in total. The van der Waals surface area contributed by atoms with Crippen molar-refractivity contribution >= 4 is 5.69 Å². The van der Waals surface area contributed by atoms with Crippen molar-refractivity contribution in [1.29, 1.82) is 0 Å². The largest absolute Gasteiger partial charge is 0.381 e. The number of rotatable bonds is 4. The first kappa shape index (κ1) is 14.5. The molecule has 0 spiro atoms. The lowest BCUT2D eigenvalue weighted by molar-refractivity contribution is 0.489. The van der Waals surface area contributed by atoms with Gasteiger partial charge in [-0.2, -0.15) is 0 Å². The molecule has 0 amide bonds. The van der Waals surface area contributed by atoms with E-state index in [1.165, 1.54) is 5.56 Å². The second-order valence-corrected chi connectivity index (χ2v) is 5.73. The van der Waals surface area contributed by atoms with Gasteiger partial charge in [0.2, 0.25) is 5.79 Å². The molecule has 1 unspecified atom stereocenters. The molecule has 2 heterocycles. The van der Waals surface area contributed by atoms with Crippen LogP contribution < -0.4 is 21.8 Å². The van der Waals surface area contributed by atoms with Crippen molar-refractivity contribution in [3.8, 4) is 0 Å². The molecule has 1 aliphatic heterocycles. The molecule has 3 N–H and O–H groups in total. The second-order valence-electron chi connectivity index (χ2n) is 5.73. The van der Waals surface area contributed by atoms with Crippen molar-refractivity contribution in [2.24, 2.45) is 15.7 Å². The summed E-state index contributed by atoms with van der Waals surface area (Å²) in [7, 11) is 0. The third kappa shape index (κ3) is 2.77. The highest BCUT2D eigenvalue weighted by Gasteiger charge is 2.28. The molecular formula is C19H17N5. The molecule has 4 rings (SSSR count). The maximum Gasteiger partial charge on any atom is 0.231 e. The first-order chi connectivity index (χ1) is 11.7. The maximum absolute atomic E-state index is 6.35. The van der Waals surface area contributed by atoms with Crippen molar-refractivity contribution < 1.29 is 0 Å². The average molecular weight is 315 g/mol. The highest BCUT2D eigenvalue weighted by Crippen LogP contribution is 2.21. The predicted molar refractivity (Wildman–Crippen MR) is 92.6 cm³/mol. The van der Waals surface area contributed by atoms with E-state index in [0.29, 0.717) is 0 Å². The number of fused-ring (bicyclic) bond motifs is 1. The van der Waals surface area contributed by atoms with Gasteiger partial charge in [-0.05, 0) is 29.8 Å². The molecule has 2 aromatic carbocycles. The van der Waals surface area contributed by atoms with Crippen molar-refractivity contribution in [3.63, 3.8) is 0 Å². The van der Waals surface area contributed by atoms with Crippen molar-refractivity contribution in [3.05, 3.63) is 94.9 Å². The van der Waals surface area contributed by atoms with Gasteiger partial charge in [-0.3, -0.25) is 10.7 Å². The number of anilines is 1. The summed E-state index contributed by atoms with van der Waals surface area (Å²) in [6, 6.07) is 19.9. The van der Waals surface area contributed by atoms with Gasteiger partial charge in [0.1, 0.15) is 0 Å². The molecule has 118 valence electrons.